The Hall–Kier alpha value is -1.66. The second kappa shape index (κ2) is 5.79. The zero-order chi connectivity index (χ0) is 13.0. The summed E-state index contributed by atoms with van der Waals surface area (Å²) in [5, 5.41) is 2.95. The van der Waals surface area contributed by atoms with Crippen molar-refractivity contribution in [1.82, 2.24) is 15.2 Å². The van der Waals surface area contributed by atoms with E-state index in [1.165, 1.54) is 0 Å². The van der Waals surface area contributed by atoms with Crippen LogP contribution in [0.25, 0.3) is 0 Å². The van der Waals surface area contributed by atoms with Crippen LogP contribution in [-0.4, -0.2) is 42.5 Å². The molecule has 1 amide bonds. The first kappa shape index (κ1) is 12.8. The number of nitrogens with zero attached hydrogens (tertiary/aromatic N) is 2. The van der Waals surface area contributed by atoms with Crippen LogP contribution in [0, 0.1) is 5.92 Å². The molecule has 1 aliphatic heterocycles. The number of aromatic nitrogens is 1. The van der Waals surface area contributed by atoms with Gasteiger partial charge in [0.25, 0.3) is 5.91 Å². The summed E-state index contributed by atoms with van der Waals surface area (Å²) in [4.78, 5) is 18.2. The van der Waals surface area contributed by atoms with Gasteiger partial charge >= 0.3 is 0 Å². The molecule has 1 aliphatic rings. The average molecular weight is 249 g/mol. The predicted molar refractivity (Wildman–Crippen MR) is 70.0 cm³/mol. The smallest absolute Gasteiger partial charge is 0.251 e. The van der Waals surface area contributed by atoms with Crippen molar-refractivity contribution in [1.29, 1.82) is 0 Å². The van der Waals surface area contributed by atoms with Gasteiger partial charge in [-0.25, -0.2) is 10.8 Å². The fraction of sp³-hybridized carbons (Fsp3) is 0.500. The molecule has 6 nitrogen and oxygen atoms in total. The number of nitrogens with two attached hydrogens (primary N) is 1. The van der Waals surface area contributed by atoms with Crippen LogP contribution < -0.4 is 16.6 Å². The number of hydrogen-bond donors (Lipinski definition) is 3. The maximum atomic E-state index is 11.9. The Bertz CT molecular complexity index is 423. The number of likely N-dealkylation sites (tertiary alicyclic amines) is 1. The minimum absolute atomic E-state index is 0.0801. The van der Waals surface area contributed by atoms with Crippen molar-refractivity contribution in [2.45, 2.75) is 6.42 Å². The molecule has 0 aliphatic carbocycles. The molecule has 0 aromatic carbocycles. The molecule has 1 aromatic heterocycles. The van der Waals surface area contributed by atoms with Gasteiger partial charge in [-0.3, -0.25) is 4.79 Å². The average Bonchev–Trinajstić information content (AvgIpc) is 2.82. The minimum atomic E-state index is -0.0801. The minimum Gasteiger partial charge on any atom is -0.352 e. The highest BCUT2D eigenvalue weighted by atomic mass is 16.1. The van der Waals surface area contributed by atoms with Gasteiger partial charge in [0.05, 0.1) is 0 Å². The monoisotopic (exact) mass is 249 g/mol. The third-order valence-electron chi connectivity index (χ3n) is 3.21. The van der Waals surface area contributed by atoms with Gasteiger partial charge in [-0.2, -0.15) is 0 Å². The summed E-state index contributed by atoms with van der Waals surface area (Å²) in [6, 6.07) is 3.31. The largest absolute Gasteiger partial charge is 0.352 e. The van der Waals surface area contributed by atoms with Crippen molar-refractivity contribution in [3.05, 3.63) is 23.9 Å². The van der Waals surface area contributed by atoms with Crippen molar-refractivity contribution >= 4 is 11.7 Å². The van der Waals surface area contributed by atoms with Gasteiger partial charge in [0.15, 0.2) is 0 Å². The van der Waals surface area contributed by atoms with Crippen LogP contribution >= 0.6 is 0 Å². The van der Waals surface area contributed by atoms with Crippen molar-refractivity contribution in [2.75, 3.05) is 32.1 Å². The number of carbonyl (C=O) groups excluding carboxylic acids is 1. The zero-order valence-electron chi connectivity index (χ0n) is 10.5. The van der Waals surface area contributed by atoms with Gasteiger partial charge in [0.2, 0.25) is 0 Å². The van der Waals surface area contributed by atoms with E-state index in [1.54, 1.807) is 18.3 Å². The van der Waals surface area contributed by atoms with Crippen LogP contribution in [-0.2, 0) is 0 Å². The topological polar surface area (TPSA) is 83.3 Å². The molecule has 4 N–H and O–H groups in total. The Morgan fingerprint density at radius 3 is 3.17 bits per heavy atom. The molecule has 0 bridgehead atoms. The molecule has 0 radical (unpaired) electrons. The van der Waals surface area contributed by atoms with E-state index in [9.17, 15) is 4.79 Å². The predicted octanol–water partition coefficient (Wildman–Crippen LogP) is 0.0487. The van der Waals surface area contributed by atoms with Crippen LogP contribution in [0.15, 0.2) is 18.3 Å². The quantitative estimate of drug-likeness (QED) is 0.519. The SMILES string of the molecule is CN1CCC(CNC(=O)c2ccnc(NN)c2)C1. The Balaban J connectivity index is 1.87. The van der Waals surface area contributed by atoms with E-state index >= 15 is 0 Å². The van der Waals surface area contributed by atoms with Gasteiger partial charge < -0.3 is 15.6 Å². The van der Waals surface area contributed by atoms with E-state index in [0.717, 1.165) is 26.1 Å². The number of carbonyl (C=O) groups is 1. The van der Waals surface area contributed by atoms with Gasteiger partial charge in [-0.1, -0.05) is 0 Å². The molecular weight excluding hydrogens is 230 g/mol. The van der Waals surface area contributed by atoms with Crippen LogP contribution in [0.2, 0.25) is 0 Å². The molecule has 1 saturated heterocycles. The van der Waals surface area contributed by atoms with E-state index in [4.69, 9.17) is 5.84 Å². The molecule has 1 atom stereocenters. The van der Waals surface area contributed by atoms with Crippen LogP contribution in [0.3, 0.4) is 0 Å². The van der Waals surface area contributed by atoms with E-state index in [0.29, 0.717) is 17.3 Å². The number of amides is 1. The molecule has 6 heteroatoms. The lowest BCUT2D eigenvalue weighted by Crippen LogP contribution is -2.30. The molecule has 2 rings (SSSR count). The van der Waals surface area contributed by atoms with Crippen molar-refractivity contribution in [3.8, 4) is 0 Å². The number of hydrazine groups is 1. The third-order valence-corrected chi connectivity index (χ3v) is 3.21. The summed E-state index contributed by atoms with van der Waals surface area (Å²) in [6.45, 7) is 2.88. The molecule has 18 heavy (non-hydrogen) atoms. The molecule has 2 heterocycles. The highest BCUT2D eigenvalue weighted by Crippen LogP contribution is 2.13. The van der Waals surface area contributed by atoms with Gasteiger partial charge in [-0.05, 0) is 38.1 Å². The Morgan fingerprint density at radius 2 is 2.50 bits per heavy atom. The van der Waals surface area contributed by atoms with Gasteiger partial charge in [0.1, 0.15) is 5.82 Å². The molecule has 98 valence electrons. The lowest BCUT2D eigenvalue weighted by atomic mass is 10.1. The fourth-order valence-electron chi connectivity index (χ4n) is 2.18. The van der Waals surface area contributed by atoms with Crippen molar-refractivity contribution < 1.29 is 4.79 Å². The number of nitrogens with one attached hydrogen (secondary N) is 2. The van der Waals surface area contributed by atoms with E-state index in [2.05, 4.69) is 27.7 Å². The third kappa shape index (κ3) is 3.18. The number of anilines is 1. The van der Waals surface area contributed by atoms with E-state index in [-0.39, 0.29) is 5.91 Å². The lowest BCUT2D eigenvalue weighted by Gasteiger charge is -2.12. The van der Waals surface area contributed by atoms with Crippen molar-refractivity contribution in [2.24, 2.45) is 11.8 Å². The maximum absolute atomic E-state index is 11.9. The van der Waals surface area contributed by atoms with Gasteiger partial charge in [0, 0.05) is 24.8 Å². The summed E-state index contributed by atoms with van der Waals surface area (Å²) in [5.41, 5.74) is 3.00. The normalized spacial score (nSPS) is 19.8. The highest BCUT2D eigenvalue weighted by Gasteiger charge is 2.20. The number of nitrogen functional groups attached to an aromatic ring is 1. The summed E-state index contributed by atoms with van der Waals surface area (Å²) in [5.74, 6) is 6.22. The summed E-state index contributed by atoms with van der Waals surface area (Å²) in [7, 11) is 2.10. The van der Waals surface area contributed by atoms with Gasteiger partial charge in [-0.15, -0.1) is 0 Å². The first-order valence-corrected chi connectivity index (χ1v) is 6.08. The maximum Gasteiger partial charge on any atom is 0.251 e. The first-order chi connectivity index (χ1) is 8.69. The lowest BCUT2D eigenvalue weighted by molar-refractivity contribution is 0.0947. The Morgan fingerprint density at radius 1 is 1.67 bits per heavy atom. The summed E-state index contributed by atoms with van der Waals surface area (Å²) >= 11 is 0. The second-order valence-corrected chi connectivity index (χ2v) is 4.70. The Kier molecular flexibility index (Phi) is 4.11. The number of pyridine rings is 1. The van der Waals surface area contributed by atoms with Crippen LogP contribution in [0.1, 0.15) is 16.8 Å². The number of hydrogen-bond acceptors (Lipinski definition) is 5. The van der Waals surface area contributed by atoms with E-state index < -0.39 is 0 Å². The molecule has 1 aromatic rings. The highest BCUT2D eigenvalue weighted by molar-refractivity contribution is 5.94. The molecule has 1 fully saturated rings. The zero-order valence-corrected chi connectivity index (χ0v) is 10.5. The summed E-state index contributed by atoms with van der Waals surface area (Å²) in [6.07, 6.45) is 2.70. The fourth-order valence-corrected chi connectivity index (χ4v) is 2.18. The van der Waals surface area contributed by atoms with E-state index in [1.807, 2.05) is 0 Å². The molecule has 0 spiro atoms. The molecule has 1 unspecified atom stereocenters. The first-order valence-electron chi connectivity index (χ1n) is 6.08. The van der Waals surface area contributed by atoms with Crippen LogP contribution in [0.5, 0.6) is 0 Å². The second-order valence-electron chi connectivity index (χ2n) is 4.70. The number of rotatable bonds is 4. The standard InChI is InChI=1S/C12H19N5O/c1-17-5-3-9(8-17)7-15-12(18)10-2-4-14-11(6-10)16-13/h2,4,6,9H,3,5,7-8,13H2,1H3,(H,14,16)(H,15,18). The molecule has 0 saturated carbocycles. The molecular formula is C12H19N5O. The van der Waals surface area contributed by atoms with Crippen molar-refractivity contribution in [3.63, 3.8) is 0 Å². The van der Waals surface area contributed by atoms with Crippen LogP contribution in [0.4, 0.5) is 5.82 Å². The Labute approximate surface area is 107 Å². The summed E-state index contributed by atoms with van der Waals surface area (Å²) < 4.78 is 0.